The number of hydrogen-bond donors (Lipinski definition) is 0. The number of ether oxygens (including phenoxy) is 1. The summed E-state index contributed by atoms with van der Waals surface area (Å²) in [6.45, 7) is 0.208. The van der Waals surface area contributed by atoms with E-state index in [1.165, 1.54) is 28.6 Å². The number of nitrogens with zero attached hydrogens (tertiary/aromatic N) is 4. The lowest BCUT2D eigenvalue weighted by molar-refractivity contribution is 0.184. The standard InChI is InChI=1S/C21H17ClF2N4O3/c1-31-9-8-27-20(29)18-19(28(21(27)30)17-5-3-2-4-14(17)22)25-12-26(18)11-13-6-7-15(23)16(24)10-13/h2-7,10,12H,8-9,11H2,1H3. The molecule has 31 heavy (non-hydrogen) atoms. The zero-order valence-corrected chi connectivity index (χ0v) is 17.1. The Balaban J connectivity index is 1.98. The molecular weight excluding hydrogens is 430 g/mol. The highest BCUT2D eigenvalue weighted by molar-refractivity contribution is 6.32. The van der Waals surface area contributed by atoms with Crippen LogP contribution >= 0.6 is 11.6 Å². The van der Waals surface area contributed by atoms with Crippen LogP contribution in [0.2, 0.25) is 5.02 Å². The Kier molecular flexibility index (Phi) is 5.71. The van der Waals surface area contributed by atoms with Crippen molar-refractivity contribution in [2.45, 2.75) is 13.1 Å². The molecule has 2 aromatic carbocycles. The molecule has 0 unspecified atom stereocenters. The molecule has 0 N–H and O–H groups in total. The summed E-state index contributed by atoms with van der Waals surface area (Å²) in [5, 5.41) is 0.304. The molecule has 0 spiro atoms. The van der Waals surface area contributed by atoms with E-state index in [-0.39, 0.29) is 30.9 Å². The number of fused-ring (bicyclic) bond motifs is 1. The van der Waals surface area contributed by atoms with Crippen LogP contribution in [-0.4, -0.2) is 32.4 Å². The van der Waals surface area contributed by atoms with Crippen LogP contribution in [0.4, 0.5) is 8.78 Å². The quantitative estimate of drug-likeness (QED) is 0.456. The topological polar surface area (TPSA) is 71.1 Å². The zero-order valence-electron chi connectivity index (χ0n) is 16.4. The van der Waals surface area contributed by atoms with E-state index >= 15 is 0 Å². The number of benzene rings is 2. The van der Waals surface area contributed by atoms with Crippen molar-refractivity contribution in [2.75, 3.05) is 13.7 Å². The summed E-state index contributed by atoms with van der Waals surface area (Å²) in [6, 6.07) is 10.2. The first-order valence-electron chi connectivity index (χ1n) is 9.31. The Labute approximate surface area is 179 Å². The van der Waals surface area contributed by atoms with Crippen LogP contribution < -0.4 is 11.2 Å². The van der Waals surface area contributed by atoms with Gasteiger partial charge in [-0.15, -0.1) is 0 Å². The van der Waals surface area contributed by atoms with E-state index in [4.69, 9.17) is 16.3 Å². The van der Waals surface area contributed by atoms with Gasteiger partial charge in [-0.1, -0.05) is 29.8 Å². The van der Waals surface area contributed by atoms with Gasteiger partial charge in [0.25, 0.3) is 5.56 Å². The molecule has 0 saturated carbocycles. The number of para-hydroxylation sites is 1. The fraction of sp³-hybridized carbons (Fsp3) is 0.190. The first kappa shape index (κ1) is 21.0. The van der Waals surface area contributed by atoms with Crippen LogP contribution in [0, 0.1) is 11.6 Å². The summed E-state index contributed by atoms with van der Waals surface area (Å²) in [5.41, 5.74) is -0.152. The average Bonchev–Trinajstić information content (AvgIpc) is 3.15. The van der Waals surface area contributed by atoms with Gasteiger partial charge in [0.05, 0.1) is 30.2 Å². The summed E-state index contributed by atoms with van der Waals surface area (Å²) >= 11 is 6.31. The second-order valence-corrected chi connectivity index (χ2v) is 7.22. The van der Waals surface area contributed by atoms with Gasteiger partial charge in [-0.2, -0.15) is 0 Å². The van der Waals surface area contributed by atoms with Crippen LogP contribution in [0.5, 0.6) is 0 Å². The van der Waals surface area contributed by atoms with E-state index in [0.717, 1.165) is 16.7 Å². The monoisotopic (exact) mass is 446 g/mol. The predicted molar refractivity (Wildman–Crippen MR) is 112 cm³/mol. The SMILES string of the molecule is COCCn1c(=O)c2c(ncn2Cc2ccc(F)c(F)c2)n(-c2ccccc2Cl)c1=O. The van der Waals surface area contributed by atoms with Crippen molar-refractivity contribution in [1.82, 2.24) is 18.7 Å². The second kappa shape index (κ2) is 8.44. The van der Waals surface area contributed by atoms with Crippen molar-refractivity contribution in [3.8, 4) is 5.69 Å². The molecule has 0 amide bonds. The van der Waals surface area contributed by atoms with E-state index in [1.807, 2.05) is 0 Å². The van der Waals surface area contributed by atoms with Crippen molar-refractivity contribution in [3.05, 3.63) is 91.9 Å². The fourth-order valence-electron chi connectivity index (χ4n) is 3.36. The maximum absolute atomic E-state index is 13.6. The van der Waals surface area contributed by atoms with Crippen LogP contribution in [-0.2, 0) is 17.8 Å². The molecule has 0 aliphatic carbocycles. The van der Waals surface area contributed by atoms with E-state index in [1.54, 1.807) is 24.3 Å². The van der Waals surface area contributed by atoms with Crippen LogP contribution in [0.25, 0.3) is 16.9 Å². The van der Waals surface area contributed by atoms with E-state index in [0.29, 0.717) is 16.3 Å². The summed E-state index contributed by atoms with van der Waals surface area (Å²) in [7, 11) is 1.46. The lowest BCUT2D eigenvalue weighted by atomic mass is 10.2. The van der Waals surface area contributed by atoms with Crippen molar-refractivity contribution in [3.63, 3.8) is 0 Å². The maximum atomic E-state index is 13.6. The first-order valence-corrected chi connectivity index (χ1v) is 9.68. The van der Waals surface area contributed by atoms with Crippen molar-refractivity contribution < 1.29 is 13.5 Å². The molecule has 0 radical (unpaired) electrons. The Bertz CT molecular complexity index is 1390. The molecule has 0 saturated heterocycles. The van der Waals surface area contributed by atoms with Crippen LogP contribution in [0.1, 0.15) is 5.56 Å². The third-order valence-electron chi connectivity index (χ3n) is 4.85. The Morgan fingerprint density at radius 1 is 1.10 bits per heavy atom. The molecule has 0 aliphatic heterocycles. The molecule has 0 fully saturated rings. The fourth-order valence-corrected chi connectivity index (χ4v) is 3.58. The number of hydrogen-bond acceptors (Lipinski definition) is 4. The van der Waals surface area contributed by atoms with Gasteiger partial charge < -0.3 is 9.30 Å². The van der Waals surface area contributed by atoms with Gasteiger partial charge in [0.15, 0.2) is 22.8 Å². The molecule has 0 atom stereocenters. The number of rotatable bonds is 6. The summed E-state index contributed by atoms with van der Waals surface area (Å²) in [6.07, 6.45) is 1.38. The molecule has 4 rings (SSSR count). The normalized spacial score (nSPS) is 11.4. The van der Waals surface area contributed by atoms with E-state index in [2.05, 4.69) is 4.98 Å². The molecule has 7 nitrogen and oxygen atoms in total. The molecule has 4 aromatic rings. The van der Waals surface area contributed by atoms with Crippen LogP contribution in [0.15, 0.2) is 58.4 Å². The minimum Gasteiger partial charge on any atom is -0.383 e. The highest BCUT2D eigenvalue weighted by Crippen LogP contribution is 2.21. The Morgan fingerprint density at radius 2 is 1.87 bits per heavy atom. The highest BCUT2D eigenvalue weighted by Gasteiger charge is 2.20. The third-order valence-corrected chi connectivity index (χ3v) is 5.17. The smallest absolute Gasteiger partial charge is 0.337 e. The molecule has 2 aromatic heterocycles. The van der Waals surface area contributed by atoms with Crippen molar-refractivity contribution in [1.29, 1.82) is 0 Å². The Morgan fingerprint density at radius 3 is 2.58 bits per heavy atom. The molecule has 160 valence electrons. The van der Waals surface area contributed by atoms with Gasteiger partial charge in [0.1, 0.15) is 0 Å². The molecule has 0 bridgehead atoms. The van der Waals surface area contributed by atoms with Crippen molar-refractivity contribution in [2.24, 2.45) is 0 Å². The van der Waals surface area contributed by atoms with Crippen molar-refractivity contribution >= 4 is 22.8 Å². The average molecular weight is 447 g/mol. The number of halogens is 3. The van der Waals surface area contributed by atoms with Gasteiger partial charge in [-0.3, -0.25) is 9.36 Å². The van der Waals surface area contributed by atoms with Gasteiger partial charge in [0, 0.05) is 13.7 Å². The Hall–Kier alpha value is -3.30. The predicted octanol–water partition coefficient (Wildman–Crippen LogP) is 2.98. The third kappa shape index (κ3) is 3.77. The zero-order chi connectivity index (χ0) is 22.1. The first-order chi connectivity index (χ1) is 14.9. The van der Waals surface area contributed by atoms with E-state index in [9.17, 15) is 18.4 Å². The largest absolute Gasteiger partial charge is 0.383 e. The summed E-state index contributed by atoms with van der Waals surface area (Å²) < 4.78 is 35.7. The lowest BCUT2D eigenvalue weighted by Crippen LogP contribution is -2.41. The van der Waals surface area contributed by atoms with Gasteiger partial charge in [-0.05, 0) is 29.8 Å². The molecule has 0 aliphatic rings. The second-order valence-electron chi connectivity index (χ2n) is 6.81. The highest BCUT2D eigenvalue weighted by atomic mass is 35.5. The summed E-state index contributed by atoms with van der Waals surface area (Å²) in [5.74, 6) is -1.96. The van der Waals surface area contributed by atoms with Gasteiger partial charge in [-0.25, -0.2) is 23.1 Å². The minimum absolute atomic E-state index is 0.0188. The van der Waals surface area contributed by atoms with Gasteiger partial charge in [0.2, 0.25) is 0 Å². The van der Waals surface area contributed by atoms with E-state index < -0.39 is 22.9 Å². The molecule has 10 heteroatoms. The minimum atomic E-state index is -0.993. The lowest BCUT2D eigenvalue weighted by Gasteiger charge is -2.13. The molecular formula is C21H17ClF2N4O3. The number of aromatic nitrogens is 4. The number of imidazole rings is 1. The van der Waals surface area contributed by atoms with Crippen LogP contribution in [0.3, 0.4) is 0 Å². The van der Waals surface area contributed by atoms with Gasteiger partial charge >= 0.3 is 5.69 Å². The summed E-state index contributed by atoms with van der Waals surface area (Å²) in [4.78, 5) is 30.6. The number of methoxy groups -OCH3 is 1. The molecule has 2 heterocycles. The maximum Gasteiger partial charge on any atom is 0.337 e.